The van der Waals surface area contributed by atoms with E-state index in [2.05, 4.69) is 11.9 Å². The van der Waals surface area contributed by atoms with Crippen molar-refractivity contribution in [1.29, 1.82) is 0 Å². The molecule has 5 nitrogen and oxygen atoms in total. The van der Waals surface area contributed by atoms with E-state index in [0.717, 1.165) is 36.0 Å². The van der Waals surface area contributed by atoms with Crippen LogP contribution < -0.4 is 4.74 Å². The molecule has 2 heterocycles. The molecular formula is C25H23ClN2O3. The number of pyridine rings is 1. The first kappa shape index (κ1) is 21.1. The van der Waals surface area contributed by atoms with Crippen molar-refractivity contribution in [2.75, 3.05) is 13.1 Å². The fourth-order valence-electron chi connectivity index (χ4n) is 4.00. The average molecular weight is 435 g/mol. The van der Waals surface area contributed by atoms with Crippen molar-refractivity contribution in [3.8, 4) is 11.5 Å². The molecule has 158 valence electrons. The normalized spacial score (nSPS) is 15.7. The van der Waals surface area contributed by atoms with E-state index in [1.807, 2.05) is 36.4 Å². The van der Waals surface area contributed by atoms with Crippen LogP contribution in [0.5, 0.6) is 11.5 Å². The largest absolute Gasteiger partial charge is 0.457 e. The minimum Gasteiger partial charge on any atom is -0.457 e. The Kier molecular flexibility index (Phi) is 6.33. The van der Waals surface area contributed by atoms with Gasteiger partial charge in [-0.15, -0.1) is 0 Å². The van der Waals surface area contributed by atoms with Gasteiger partial charge in [-0.05, 0) is 54.3 Å². The molecule has 1 atom stereocenters. The van der Waals surface area contributed by atoms with Gasteiger partial charge in [-0.1, -0.05) is 42.8 Å². The third kappa shape index (κ3) is 4.47. The number of aldehydes is 1. The number of ether oxygens (including phenoxy) is 1. The smallest absolute Gasteiger partial charge is 0.274 e. The number of rotatable bonds is 6. The first-order valence-corrected chi connectivity index (χ1v) is 10.7. The molecule has 4 rings (SSSR count). The molecule has 1 unspecified atom stereocenters. The van der Waals surface area contributed by atoms with Crippen molar-refractivity contribution in [2.24, 2.45) is 0 Å². The van der Waals surface area contributed by atoms with Crippen molar-refractivity contribution in [2.45, 2.75) is 25.7 Å². The van der Waals surface area contributed by atoms with E-state index in [-0.39, 0.29) is 17.5 Å². The number of aryl methyl sites for hydroxylation is 1. The van der Waals surface area contributed by atoms with Gasteiger partial charge in [0.05, 0.1) is 5.02 Å². The summed E-state index contributed by atoms with van der Waals surface area (Å²) in [4.78, 5) is 30.5. The van der Waals surface area contributed by atoms with Gasteiger partial charge in [0.2, 0.25) is 0 Å². The molecule has 0 bridgehead atoms. The second-order valence-corrected chi connectivity index (χ2v) is 7.95. The van der Waals surface area contributed by atoms with Crippen LogP contribution in [0.4, 0.5) is 0 Å². The Bertz CT molecular complexity index is 1120. The predicted molar refractivity (Wildman–Crippen MR) is 120 cm³/mol. The fourth-order valence-corrected chi connectivity index (χ4v) is 4.21. The highest BCUT2D eigenvalue weighted by Gasteiger charge is 2.30. The highest BCUT2D eigenvalue weighted by molar-refractivity contribution is 6.33. The summed E-state index contributed by atoms with van der Waals surface area (Å²) in [5, 5.41) is 0.346. The van der Waals surface area contributed by atoms with Crippen LogP contribution in [0.25, 0.3) is 0 Å². The summed E-state index contributed by atoms with van der Waals surface area (Å²) in [6.07, 6.45) is 4.05. The highest BCUT2D eigenvalue weighted by atomic mass is 35.5. The van der Waals surface area contributed by atoms with Crippen LogP contribution in [0.2, 0.25) is 5.02 Å². The summed E-state index contributed by atoms with van der Waals surface area (Å²) >= 11 is 6.13. The Hall–Kier alpha value is -3.18. The lowest BCUT2D eigenvalue weighted by Gasteiger charge is -2.18. The van der Waals surface area contributed by atoms with E-state index in [4.69, 9.17) is 16.3 Å². The van der Waals surface area contributed by atoms with Crippen LogP contribution in [0.1, 0.15) is 51.2 Å². The van der Waals surface area contributed by atoms with E-state index in [9.17, 15) is 9.59 Å². The van der Waals surface area contributed by atoms with Gasteiger partial charge in [-0.2, -0.15) is 0 Å². The zero-order valence-electron chi connectivity index (χ0n) is 17.3. The number of carbonyl (C=O) groups excluding carboxylic acids is 2. The van der Waals surface area contributed by atoms with E-state index < -0.39 is 0 Å². The first-order valence-electron chi connectivity index (χ1n) is 10.4. The predicted octanol–water partition coefficient (Wildman–Crippen LogP) is 5.53. The number of aromatic nitrogens is 1. The van der Waals surface area contributed by atoms with E-state index in [1.54, 1.807) is 29.3 Å². The molecule has 0 N–H and O–H groups in total. The summed E-state index contributed by atoms with van der Waals surface area (Å²) in [7, 11) is 0. The van der Waals surface area contributed by atoms with Crippen molar-refractivity contribution >= 4 is 23.8 Å². The van der Waals surface area contributed by atoms with Gasteiger partial charge in [-0.25, -0.2) is 4.98 Å². The van der Waals surface area contributed by atoms with Gasteiger partial charge < -0.3 is 9.64 Å². The number of hydrogen-bond donors (Lipinski definition) is 0. The molecule has 2 aromatic carbocycles. The van der Waals surface area contributed by atoms with Gasteiger partial charge >= 0.3 is 0 Å². The van der Waals surface area contributed by atoms with E-state index >= 15 is 0 Å². The Labute approximate surface area is 186 Å². The highest BCUT2D eigenvalue weighted by Crippen LogP contribution is 2.34. The molecule has 1 fully saturated rings. The monoisotopic (exact) mass is 434 g/mol. The fraction of sp³-hybridized carbons (Fsp3) is 0.240. The average Bonchev–Trinajstić information content (AvgIpc) is 3.29. The Morgan fingerprint density at radius 3 is 2.84 bits per heavy atom. The lowest BCUT2D eigenvalue weighted by atomic mass is 9.94. The maximum Gasteiger partial charge on any atom is 0.274 e. The lowest BCUT2D eigenvalue weighted by Crippen LogP contribution is -2.29. The molecule has 1 amide bonds. The maximum atomic E-state index is 12.8. The molecule has 1 saturated heterocycles. The van der Waals surface area contributed by atoms with Crippen LogP contribution >= 0.6 is 11.6 Å². The summed E-state index contributed by atoms with van der Waals surface area (Å²) < 4.78 is 6.04. The van der Waals surface area contributed by atoms with Crippen molar-refractivity contribution in [1.82, 2.24) is 9.88 Å². The molecular weight excluding hydrogens is 412 g/mol. The zero-order valence-corrected chi connectivity index (χ0v) is 18.0. The number of nitrogens with zero attached hydrogens (tertiary/aromatic N) is 2. The topological polar surface area (TPSA) is 59.5 Å². The van der Waals surface area contributed by atoms with Gasteiger partial charge in [0.1, 0.15) is 23.5 Å². The number of para-hydroxylation sites is 1. The van der Waals surface area contributed by atoms with Gasteiger partial charge in [0.25, 0.3) is 5.91 Å². The lowest BCUT2D eigenvalue weighted by molar-refractivity contribution is 0.0785. The van der Waals surface area contributed by atoms with Crippen molar-refractivity contribution in [3.63, 3.8) is 0 Å². The maximum absolute atomic E-state index is 12.8. The van der Waals surface area contributed by atoms with Crippen molar-refractivity contribution < 1.29 is 14.3 Å². The molecule has 1 aliphatic heterocycles. The molecule has 0 saturated carbocycles. The van der Waals surface area contributed by atoms with Gasteiger partial charge in [0, 0.05) is 30.8 Å². The Balaban J connectivity index is 1.52. The number of likely N-dealkylation sites (tertiary alicyclic amines) is 1. The SMILES string of the molecule is CCc1ccccc1Oc1ccc(C2CCN(C(=O)c3ncccc3Cl)C2)c(C=O)c1. The van der Waals surface area contributed by atoms with Crippen LogP contribution in [0.15, 0.2) is 60.8 Å². The van der Waals surface area contributed by atoms with Crippen LogP contribution in [-0.4, -0.2) is 35.2 Å². The van der Waals surface area contributed by atoms with Crippen LogP contribution in [-0.2, 0) is 6.42 Å². The Morgan fingerprint density at radius 1 is 1.23 bits per heavy atom. The summed E-state index contributed by atoms with van der Waals surface area (Å²) in [5.74, 6) is 1.30. The Morgan fingerprint density at radius 2 is 2.06 bits per heavy atom. The van der Waals surface area contributed by atoms with E-state index in [1.165, 1.54) is 0 Å². The number of carbonyl (C=O) groups is 2. The summed E-state index contributed by atoms with van der Waals surface area (Å²) in [6.45, 7) is 3.19. The third-order valence-electron chi connectivity index (χ3n) is 5.64. The molecule has 0 aliphatic carbocycles. The molecule has 6 heteroatoms. The van der Waals surface area contributed by atoms with Crippen LogP contribution in [0.3, 0.4) is 0 Å². The van der Waals surface area contributed by atoms with Crippen LogP contribution in [0, 0.1) is 0 Å². The third-order valence-corrected chi connectivity index (χ3v) is 5.95. The van der Waals surface area contributed by atoms with Gasteiger partial charge in [-0.3, -0.25) is 9.59 Å². The summed E-state index contributed by atoms with van der Waals surface area (Å²) in [5.41, 5.74) is 2.88. The van der Waals surface area contributed by atoms with Crippen molar-refractivity contribution in [3.05, 3.63) is 88.2 Å². The molecule has 1 aliphatic rings. The number of halogens is 1. The van der Waals surface area contributed by atoms with E-state index in [0.29, 0.717) is 29.4 Å². The molecule has 0 spiro atoms. The molecule has 3 aromatic rings. The minimum atomic E-state index is -0.183. The number of benzene rings is 2. The number of hydrogen-bond acceptors (Lipinski definition) is 4. The standard InChI is InChI=1S/C25H23ClN2O3/c1-2-17-6-3-4-8-23(17)31-20-9-10-21(19(14-20)16-29)18-11-13-28(15-18)25(30)24-22(26)7-5-12-27-24/h3-10,12,14,16,18H,2,11,13,15H2,1H3. The minimum absolute atomic E-state index is 0.0728. The zero-order chi connectivity index (χ0) is 21.8. The van der Waals surface area contributed by atoms with Gasteiger partial charge in [0.15, 0.2) is 0 Å². The molecule has 31 heavy (non-hydrogen) atoms. The molecule has 0 radical (unpaired) electrons. The number of amides is 1. The quantitative estimate of drug-likeness (QED) is 0.478. The molecule has 1 aromatic heterocycles. The first-order chi connectivity index (χ1) is 15.1. The summed E-state index contributed by atoms with van der Waals surface area (Å²) in [6, 6.07) is 16.8. The second-order valence-electron chi connectivity index (χ2n) is 7.54. The second kappa shape index (κ2) is 9.31.